The van der Waals surface area contributed by atoms with Crippen LogP contribution in [0.3, 0.4) is 0 Å². The highest BCUT2D eigenvalue weighted by Gasteiger charge is 2.37. The third kappa shape index (κ3) is 14.4. The molecule has 1 saturated heterocycles. The highest BCUT2D eigenvalue weighted by Crippen LogP contribution is 2.38. The number of aromatic amines is 1. The number of hydrogen-bond donors (Lipinski definition) is 3. The van der Waals surface area contributed by atoms with E-state index in [1.165, 1.54) is 0 Å². The number of anilines is 2. The number of ether oxygens (including phenoxy) is 2. The zero-order valence-electron chi connectivity index (χ0n) is 52.5. The third-order valence-corrected chi connectivity index (χ3v) is 17.6. The van der Waals surface area contributed by atoms with E-state index >= 15 is 0 Å². The topological polar surface area (TPSA) is 228 Å². The monoisotopic (exact) mass is 1180 g/mol. The lowest BCUT2D eigenvalue weighted by molar-refractivity contribution is -0.135. The Morgan fingerprint density at radius 2 is 1.29 bits per heavy atom. The molecular formula is C64H85N13O7Si. The summed E-state index contributed by atoms with van der Waals surface area (Å²) in [6.07, 6.45) is 11.7. The number of carbonyl (C=O) groups excluding carboxylic acids is 3. The molecule has 2 aliphatic rings. The van der Waals surface area contributed by atoms with Crippen molar-refractivity contribution >= 4 is 59.7 Å². The molecule has 10 rings (SSSR count). The van der Waals surface area contributed by atoms with Crippen LogP contribution >= 0.6 is 0 Å². The van der Waals surface area contributed by atoms with Crippen LogP contribution in [0.15, 0.2) is 70.2 Å². The fourth-order valence-corrected chi connectivity index (χ4v) is 12.4. The summed E-state index contributed by atoms with van der Waals surface area (Å²) in [5.41, 5.74) is 12.9. The average molecular weight is 1180 g/mol. The summed E-state index contributed by atoms with van der Waals surface area (Å²) in [5.74, 6) is 2.46. The molecule has 21 heteroatoms. The van der Waals surface area contributed by atoms with Crippen molar-refractivity contribution in [2.75, 3.05) is 58.5 Å². The number of amides is 3. The molecule has 0 radical (unpaired) electrons. The summed E-state index contributed by atoms with van der Waals surface area (Å²) >= 11 is 0. The number of fused-ring (bicyclic) bond motifs is 2. The third-order valence-electron chi connectivity index (χ3n) is 15.9. The Kier molecular flexibility index (Phi) is 18.4. The number of carbonyl (C=O) groups is 3. The summed E-state index contributed by atoms with van der Waals surface area (Å²) in [6, 6.07) is 13.7. The quantitative estimate of drug-likeness (QED) is 0.0640. The van der Waals surface area contributed by atoms with Crippen LogP contribution in [0.4, 0.5) is 16.7 Å². The number of aromatic nitrogens is 8. The van der Waals surface area contributed by atoms with E-state index in [0.717, 1.165) is 132 Å². The summed E-state index contributed by atoms with van der Waals surface area (Å²) < 4.78 is 24.9. The Hall–Kier alpha value is -7.91. The van der Waals surface area contributed by atoms with Gasteiger partial charge in [0.25, 0.3) is 0 Å². The van der Waals surface area contributed by atoms with E-state index in [1.54, 1.807) is 28.8 Å². The van der Waals surface area contributed by atoms with Crippen LogP contribution in [0, 0.1) is 53.4 Å². The van der Waals surface area contributed by atoms with E-state index in [1.807, 2.05) is 95.0 Å². The fraction of sp³-hybridized carbons (Fsp3) is 0.484. The number of nitrogens with one attached hydrogen (secondary N) is 3. The molecule has 1 aliphatic heterocycles. The van der Waals surface area contributed by atoms with Gasteiger partial charge in [-0.3, -0.25) is 9.59 Å². The van der Waals surface area contributed by atoms with E-state index in [9.17, 15) is 14.4 Å². The van der Waals surface area contributed by atoms with Gasteiger partial charge in [-0.2, -0.15) is 0 Å². The lowest BCUT2D eigenvalue weighted by atomic mass is 9.85. The smallest absolute Gasteiger partial charge is 0.410 e. The van der Waals surface area contributed by atoms with Crippen LogP contribution in [-0.4, -0.2) is 146 Å². The van der Waals surface area contributed by atoms with Crippen LogP contribution in [0.25, 0.3) is 66.6 Å². The van der Waals surface area contributed by atoms with Gasteiger partial charge in [0.2, 0.25) is 23.7 Å². The van der Waals surface area contributed by atoms with Crippen LogP contribution in [0.1, 0.15) is 86.9 Å². The van der Waals surface area contributed by atoms with Crippen LogP contribution in [0.5, 0.6) is 0 Å². The second-order valence-electron chi connectivity index (χ2n) is 25.7. The molecule has 452 valence electrons. The number of piperidine rings is 1. The average Bonchev–Trinajstić information content (AvgIpc) is 1.83. The molecule has 6 aromatic heterocycles. The van der Waals surface area contributed by atoms with Gasteiger partial charge in [-0.1, -0.05) is 60.6 Å². The van der Waals surface area contributed by atoms with Crippen LogP contribution < -0.4 is 10.6 Å². The first-order valence-corrected chi connectivity index (χ1v) is 33.2. The number of H-pyrrole nitrogens is 1. The molecule has 2 fully saturated rings. The van der Waals surface area contributed by atoms with Crippen molar-refractivity contribution < 1.29 is 32.9 Å². The summed E-state index contributed by atoms with van der Waals surface area (Å²) in [4.78, 5) is 66.1. The number of benzene rings is 2. The molecule has 2 aromatic carbocycles. The minimum Gasteiger partial charge on any atom is -0.444 e. The number of aryl methyl sites for hydroxylation is 6. The van der Waals surface area contributed by atoms with Crippen LogP contribution in [0.2, 0.25) is 25.7 Å². The first kappa shape index (κ1) is 61.6. The number of rotatable bonds is 15. The summed E-state index contributed by atoms with van der Waals surface area (Å²) in [6.45, 7) is 26.1. The predicted molar refractivity (Wildman–Crippen MR) is 336 cm³/mol. The molecule has 8 aromatic rings. The van der Waals surface area contributed by atoms with Gasteiger partial charge in [0.15, 0.2) is 0 Å². The van der Waals surface area contributed by atoms with Crippen LogP contribution in [-0.2, 0) is 25.8 Å². The van der Waals surface area contributed by atoms with Gasteiger partial charge in [-0.15, -0.1) is 0 Å². The maximum atomic E-state index is 13.1. The zero-order chi connectivity index (χ0) is 61.2. The second-order valence-corrected chi connectivity index (χ2v) is 31.4. The van der Waals surface area contributed by atoms with Crippen molar-refractivity contribution in [2.24, 2.45) is 11.8 Å². The minimum atomic E-state index is -1.25. The van der Waals surface area contributed by atoms with E-state index in [-0.39, 0.29) is 35.7 Å². The van der Waals surface area contributed by atoms with Crippen molar-refractivity contribution in [3.05, 3.63) is 95.2 Å². The van der Waals surface area contributed by atoms with Crippen molar-refractivity contribution in [3.8, 4) is 44.8 Å². The molecule has 3 N–H and O–H groups in total. The summed E-state index contributed by atoms with van der Waals surface area (Å²) in [5, 5.41) is 17.4. The zero-order valence-corrected chi connectivity index (χ0v) is 53.5. The predicted octanol–water partition coefficient (Wildman–Crippen LogP) is 12.4. The first-order chi connectivity index (χ1) is 40.2. The Labute approximate surface area is 499 Å². The Balaban J connectivity index is 0.000000216. The molecule has 7 heterocycles. The van der Waals surface area contributed by atoms with E-state index in [2.05, 4.69) is 103 Å². The molecular weight excluding hydrogens is 1090 g/mol. The fourth-order valence-electron chi connectivity index (χ4n) is 11.6. The number of nitrogens with zero attached hydrogens (tertiary/aromatic N) is 10. The molecule has 1 aliphatic carbocycles. The highest BCUT2D eigenvalue weighted by atomic mass is 28.3. The first-order valence-electron chi connectivity index (χ1n) is 29.5. The SMILES string of the molecule is Cc1cnc(N[C@@H]2CCC[C@H](C(=O)N(C)C)C2)nc1-c1c[nH]c2cc(-c3c(C)noc3C)ccc12.Cc1cnc(N[C@H]2C[C@@H](C(=O)N(C)C)CN(C(=O)OC(C)(C)C)C2)nc1-c1cn(COCC[Si](C)(C)C)c2cc(-c3c(C)noc3C)ccc12. The van der Waals surface area contributed by atoms with Gasteiger partial charge in [-0.05, 0) is 128 Å². The van der Waals surface area contributed by atoms with Crippen molar-refractivity contribution in [3.63, 3.8) is 0 Å². The molecule has 0 spiro atoms. The van der Waals surface area contributed by atoms with Gasteiger partial charge in [0.05, 0.1) is 34.2 Å². The maximum Gasteiger partial charge on any atom is 0.410 e. The van der Waals surface area contributed by atoms with Gasteiger partial charge < -0.3 is 53.4 Å². The Morgan fingerprint density at radius 1 is 0.729 bits per heavy atom. The van der Waals surface area contributed by atoms with Gasteiger partial charge in [-0.25, -0.2) is 24.7 Å². The van der Waals surface area contributed by atoms with Crippen molar-refractivity contribution in [2.45, 2.75) is 145 Å². The molecule has 0 unspecified atom stereocenters. The number of hydrogen-bond acceptors (Lipinski definition) is 15. The standard InChI is InChI=1S/C37H53N7O5Si.C27H32N6O2/c1-23-18-38-35(39-28-16-27(34(45)42(7)8)19-43(20-28)36(46)48-37(4,5)6)40-33(23)30-21-44(22-47-14-15-50(9,10)11)31-17-26(12-13-29(30)31)32-24(2)41-49-25(32)3;1-15-13-29-27(30-20-8-6-7-19(11-20)26(34)33(4)5)31-25(15)22-14-28-23-12-18(9-10-21(22)23)24-16(2)32-35-17(24)3/h12-13,17-18,21,27-28H,14-16,19-20,22H2,1-11H3,(H,38,39,40);9-10,12-14,19-20,28H,6-8,11H2,1-5H3,(H,29,30,31)/t27-,28+;19-,20+/m10/s1. The molecule has 3 amide bonds. The van der Waals surface area contributed by atoms with Gasteiger partial charge in [0, 0.05) is 137 Å². The molecule has 1 saturated carbocycles. The molecule has 85 heavy (non-hydrogen) atoms. The lowest BCUT2D eigenvalue weighted by Gasteiger charge is -2.38. The second kappa shape index (κ2) is 25.3. The summed E-state index contributed by atoms with van der Waals surface area (Å²) in [7, 11) is 5.87. The molecule has 0 bridgehead atoms. The van der Waals surface area contributed by atoms with Crippen molar-refractivity contribution in [1.29, 1.82) is 0 Å². The van der Waals surface area contributed by atoms with E-state index in [0.29, 0.717) is 44.7 Å². The van der Waals surface area contributed by atoms with E-state index < -0.39 is 19.8 Å². The van der Waals surface area contributed by atoms with Gasteiger partial charge in [0.1, 0.15) is 23.9 Å². The van der Waals surface area contributed by atoms with E-state index in [4.69, 9.17) is 28.5 Å². The highest BCUT2D eigenvalue weighted by molar-refractivity contribution is 6.76. The normalized spacial score (nSPS) is 17.4. The number of likely N-dealkylation sites (tertiary alicyclic amines) is 1. The largest absolute Gasteiger partial charge is 0.444 e. The molecule has 20 nitrogen and oxygen atoms in total. The maximum absolute atomic E-state index is 13.1. The Bertz CT molecular complexity index is 3680. The lowest BCUT2D eigenvalue weighted by Crippen LogP contribution is -2.53. The van der Waals surface area contributed by atoms with Crippen molar-refractivity contribution in [1.82, 2.24) is 54.5 Å². The Morgan fingerprint density at radius 3 is 1.87 bits per heavy atom. The minimum absolute atomic E-state index is 0.0357. The van der Waals surface area contributed by atoms with Gasteiger partial charge >= 0.3 is 6.09 Å². The molecule has 4 atom stereocenters.